The minimum absolute atomic E-state index is 0.0844. The topological polar surface area (TPSA) is 46.5 Å². The second-order valence-electron chi connectivity index (χ2n) is 2.91. The molecule has 64 valence electrons. The lowest BCUT2D eigenvalue weighted by Crippen LogP contribution is -1.64. The molecule has 0 fully saturated rings. The third-order valence-electron chi connectivity index (χ3n) is 2.09. The average Bonchev–Trinajstić information content (AvgIpc) is 2.65. The molecule has 2 aromatic heterocycles. The second-order valence-corrected chi connectivity index (χ2v) is 2.91. The van der Waals surface area contributed by atoms with Crippen LogP contribution in [0, 0.1) is 0 Å². The fourth-order valence-electron chi connectivity index (χ4n) is 1.51. The highest BCUT2D eigenvalue weighted by molar-refractivity contribution is 6.01. The Labute approximate surface area is 73.2 Å². The van der Waals surface area contributed by atoms with Crippen molar-refractivity contribution < 1.29 is 13.9 Å². The summed E-state index contributed by atoms with van der Waals surface area (Å²) in [6.07, 6.45) is 1.60. The molecule has 0 aliphatic heterocycles. The van der Waals surface area contributed by atoms with Crippen LogP contribution in [0.1, 0.15) is 0 Å². The maximum Gasteiger partial charge on any atom is 0.283 e. The van der Waals surface area contributed by atoms with Gasteiger partial charge in [0.25, 0.3) is 5.95 Å². The Morgan fingerprint density at radius 2 is 1.85 bits per heavy atom. The summed E-state index contributed by atoms with van der Waals surface area (Å²) >= 11 is 0. The summed E-state index contributed by atoms with van der Waals surface area (Å²) < 4.78 is 10.3. The Kier molecular flexibility index (Phi) is 1.05. The lowest BCUT2D eigenvalue weighted by molar-refractivity contribution is 0.346. The summed E-state index contributed by atoms with van der Waals surface area (Å²) in [6.45, 7) is 0. The van der Waals surface area contributed by atoms with Crippen LogP contribution in [0.2, 0.25) is 0 Å². The minimum atomic E-state index is -0.0844. The fourth-order valence-corrected chi connectivity index (χ4v) is 1.51. The average molecular weight is 174 g/mol. The van der Waals surface area contributed by atoms with Gasteiger partial charge in [0, 0.05) is 16.8 Å². The zero-order valence-electron chi connectivity index (χ0n) is 6.65. The lowest BCUT2D eigenvalue weighted by atomic mass is 10.2. The molecule has 0 amide bonds. The third kappa shape index (κ3) is 0.783. The third-order valence-corrected chi connectivity index (χ3v) is 2.09. The Hall–Kier alpha value is -1.90. The summed E-state index contributed by atoms with van der Waals surface area (Å²) in [4.78, 5) is 0. The van der Waals surface area contributed by atoms with E-state index in [0.717, 1.165) is 10.8 Å². The summed E-state index contributed by atoms with van der Waals surface area (Å²) in [5, 5.41) is 11.0. The van der Waals surface area contributed by atoms with Crippen molar-refractivity contribution in [3.8, 4) is 5.95 Å². The number of furan rings is 2. The number of hydrogen-bond acceptors (Lipinski definition) is 3. The lowest BCUT2D eigenvalue weighted by Gasteiger charge is -1.88. The van der Waals surface area contributed by atoms with E-state index in [-0.39, 0.29) is 5.95 Å². The molecule has 0 unspecified atom stereocenters. The van der Waals surface area contributed by atoms with Crippen molar-refractivity contribution in [3.05, 3.63) is 30.5 Å². The Morgan fingerprint density at radius 1 is 1.00 bits per heavy atom. The first-order chi connectivity index (χ1) is 6.34. The van der Waals surface area contributed by atoms with Gasteiger partial charge in [-0.3, -0.25) is 0 Å². The highest BCUT2D eigenvalue weighted by atomic mass is 16.5. The summed E-state index contributed by atoms with van der Waals surface area (Å²) in [5.41, 5.74) is 1.28. The fraction of sp³-hybridized carbons (Fsp3) is 0. The monoisotopic (exact) mass is 174 g/mol. The number of fused-ring (bicyclic) bond motifs is 3. The van der Waals surface area contributed by atoms with Crippen LogP contribution in [-0.4, -0.2) is 5.11 Å². The largest absolute Gasteiger partial charge is 0.481 e. The van der Waals surface area contributed by atoms with Crippen molar-refractivity contribution in [2.45, 2.75) is 0 Å². The Bertz CT molecular complexity index is 574. The zero-order chi connectivity index (χ0) is 8.84. The standard InChI is InChI=1S/C10H6O3/c11-8-5-7-2-1-6-3-4-12-9(6)10(7)13-8/h1-5,11H. The molecule has 0 spiro atoms. The predicted octanol–water partition coefficient (Wildman–Crippen LogP) is 2.88. The van der Waals surface area contributed by atoms with Crippen molar-refractivity contribution in [2.75, 3.05) is 0 Å². The molecule has 3 aromatic rings. The Morgan fingerprint density at radius 3 is 2.77 bits per heavy atom. The molecule has 1 N–H and O–H groups in total. The molecule has 0 aliphatic rings. The molecule has 3 heteroatoms. The molecule has 0 saturated carbocycles. The minimum Gasteiger partial charge on any atom is -0.481 e. The highest BCUT2D eigenvalue weighted by Crippen LogP contribution is 2.30. The number of benzene rings is 1. The van der Waals surface area contributed by atoms with Gasteiger partial charge in [-0.2, -0.15) is 0 Å². The smallest absolute Gasteiger partial charge is 0.283 e. The van der Waals surface area contributed by atoms with E-state index < -0.39 is 0 Å². The van der Waals surface area contributed by atoms with Gasteiger partial charge >= 0.3 is 0 Å². The van der Waals surface area contributed by atoms with E-state index in [1.807, 2.05) is 18.2 Å². The van der Waals surface area contributed by atoms with Crippen LogP contribution in [0.25, 0.3) is 21.9 Å². The van der Waals surface area contributed by atoms with Gasteiger partial charge in [-0.1, -0.05) is 12.1 Å². The van der Waals surface area contributed by atoms with E-state index in [1.165, 1.54) is 0 Å². The van der Waals surface area contributed by atoms with Crippen LogP contribution in [0.4, 0.5) is 0 Å². The molecule has 2 heterocycles. The summed E-state index contributed by atoms with van der Waals surface area (Å²) in [6, 6.07) is 7.23. The Balaban J connectivity index is 2.64. The summed E-state index contributed by atoms with van der Waals surface area (Å²) in [5.74, 6) is -0.0844. The van der Waals surface area contributed by atoms with Gasteiger partial charge in [0.05, 0.1) is 6.26 Å². The van der Waals surface area contributed by atoms with Crippen LogP contribution in [0.5, 0.6) is 5.95 Å². The van der Waals surface area contributed by atoms with E-state index in [2.05, 4.69) is 0 Å². The van der Waals surface area contributed by atoms with Crippen LogP contribution in [0.15, 0.2) is 39.4 Å². The van der Waals surface area contributed by atoms with Crippen molar-refractivity contribution >= 4 is 21.9 Å². The van der Waals surface area contributed by atoms with E-state index in [4.69, 9.17) is 13.9 Å². The van der Waals surface area contributed by atoms with Gasteiger partial charge in [-0.25, -0.2) is 0 Å². The van der Waals surface area contributed by atoms with Crippen molar-refractivity contribution in [3.63, 3.8) is 0 Å². The normalized spacial score (nSPS) is 11.4. The molecule has 1 aromatic carbocycles. The molecule has 3 rings (SSSR count). The van der Waals surface area contributed by atoms with Gasteiger partial charge in [-0.05, 0) is 6.07 Å². The first-order valence-electron chi connectivity index (χ1n) is 3.93. The molecule has 0 atom stereocenters. The molecule has 13 heavy (non-hydrogen) atoms. The van der Waals surface area contributed by atoms with E-state index in [1.54, 1.807) is 12.3 Å². The van der Waals surface area contributed by atoms with Crippen LogP contribution in [-0.2, 0) is 0 Å². The van der Waals surface area contributed by atoms with Crippen LogP contribution < -0.4 is 0 Å². The van der Waals surface area contributed by atoms with Crippen LogP contribution in [0.3, 0.4) is 0 Å². The maximum absolute atomic E-state index is 9.14. The second kappa shape index (κ2) is 2.07. The van der Waals surface area contributed by atoms with Gasteiger partial charge < -0.3 is 13.9 Å². The molecule has 0 saturated heterocycles. The van der Waals surface area contributed by atoms with E-state index in [0.29, 0.717) is 11.2 Å². The molecule has 0 aliphatic carbocycles. The molecule has 3 nitrogen and oxygen atoms in total. The molecule has 0 bridgehead atoms. The van der Waals surface area contributed by atoms with Crippen molar-refractivity contribution in [2.24, 2.45) is 0 Å². The molecular weight excluding hydrogens is 168 g/mol. The SMILES string of the molecule is Oc1cc2ccc3ccoc3c2o1. The molecule has 0 radical (unpaired) electrons. The van der Waals surface area contributed by atoms with E-state index >= 15 is 0 Å². The highest BCUT2D eigenvalue weighted by Gasteiger charge is 2.08. The maximum atomic E-state index is 9.14. The number of hydrogen-bond donors (Lipinski definition) is 1. The number of rotatable bonds is 0. The van der Waals surface area contributed by atoms with Gasteiger partial charge in [0.1, 0.15) is 0 Å². The quantitative estimate of drug-likeness (QED) is 0.570. The van der Waals surface area contributed by atoms with E-state index in [9.17, 15) is 0 Å². The predicted molar refractivity (Wildman–Crippen MR) is 47.7 cm³/mol. The van der Waals surface area contributed by atoms with Crippen molar-refractivity contribution in [1.29, 1.82) is 0 Å². The summed E-state index contributed by atoms with van der Waals surface area (Å²) in [7, 11) is 0. The number of aromatic hydroxyl groups is 1. The van der Waals surface area contributed by atoms with Crippen molar-refractivity contribution in [1.82, 2.24) is 0 Å². The molecular formula is C10H6O3. The first kappa shape index (κ1) is 6.60. The first-order valence-corrected chi connectivity index (χ1v) is 3.93. The van der Waals surface area contributed by atoms with Gasteiger partial charge in [-0.15, -0.1) is 0 Å². The zero-order valence-corrected chi connectivity index (χ0v) is 6.65. The van der Waals surface area contributed by atoms with Gasteiger partial charge in [0.15, 0.2) is 11.2 Å². The van der Waals surface area contributed by atoms with Gasteiger partial charge in [0.2, 0.25) is 0 Å². The van der Waals surface area contributed by atoms with Crippen LogP contribution >= 0.6 is 0 Å².